The van der Waals surface area contributed by atoms with Crippen molar-refractivity contribution in [2.75, 3.05) is 20.3 Å². The van der Waals surface area contributed by atoms with Gasteiger partial charge in [-0.1, -0.05) is 6.92 Å². The van der Waals surface area contributed by atoms with Crippen molar-refractivity contribution in [1.82, 2.24) is 15.3 Å². The van der Waals surface area contributed by atoms with E-state index < -0.39 is 0 Å². The zero-order valence-electron chi connectivity index (χ0n) is 10.4. The Kier molecular flexibility index (Phi) is 5.96. The molecule has 1 aromatic rings. The van der Waals surface area contributed by atoms with Gasteiger partial charge in [-0.05, 0) is 19.9 Å². The molecule has 1 atom stereocenters. The predicted octanol–water partition coefficient (Wildman–Crippen LogP) is 1.34. The number of aromatic nitrogens is 2. The number of nitrogens with zero attached hydrogens (tertiary/aromatic N) is 2. The molecule has 0 saturated carbocycles. The van der Waals surface area contributed by atoms with Crippen LogP contribution >= 0.6 is 0 Å². The summed E-state index contributed by atoms with van der Waals surface area (Å²) in [6, 6.07) is 0.320. The summed E-state index contributed by atoms with van der Waals surface area (Å²) in [6.07, 6.45) is 5.46. The van der Waals surface area contributed by atoms with Crippen molar-refractivity contribution in [3.63, 3.8) is 0 Å². The molecule has 0 aliphatic heterocycles. The van der Waals surface area contributed by atoms with E-state index >= 15 is 0 Å². The lowest BCUT2D eigenvalue weighted by Crippen LogP contribution is -2.36. The van der Waals surface area contributed by atoms with Gasteiger partial charge in [-0.2, -0.15) is 0 Å². The first kappa shape index (κ1) is 13.1. The van der Waals surface area contributed by atoms with Crippen molar-refractivity contribution >= 4 is 0 Å². The molecular weight excluding hydrogens is 202 g/mol. The normalized spacial score (nSPS) is 12.7. The first-order valence-electron chi connectivity index (χ1n) is 5.76. The fourth-order valence-electron chi connectivity index (χ4n) is 1.61. The fourth-order valence-corrected chi connectivity index (χ4v) is 1.61. The molecule has 0 saturated heterocycles. The smallest absolute Gasteiger partial charge is 0.0632 e. The van der Waals surface area contributed by atoms with Crippen molar-refractivity contribution in [2.45, 2.75) is 32.7 Å². The SMILES string of the molecule is CCCNC(COC)Cc1nccnc1C. The van der Waals surface area contributed by atoms with Gasteiger partial charge in [0.05, 0.1) is 18.0 Å². The average Bonchev–Trinajstić information content (AvgIpc) is 2.29. The molecule has 1 N–H and O–H groups in total. The molecule has 1 aromatic heterocycles. The number of ether oxygens (including phenoxy) is 1. The quantitative estimate of drug-likeness (QED) is 0.758. The minimum atomic E-state index is 0.320. The molecule has 16 heavy (non-hydrogen) atoms. The van der Waals surface area contributed by atoms with Crippen LogP contribution in [-0.4, -0.2) is 36.3 Å². The highest BCUT2D eigenvalue weighted by molar-refractivity contribution is 5.09. The minimum absolute atomic E-state index is 0.320. The van der Waals surface area contributed by atoms with Crippen molar-refractivity contribution in [3.05, 3.63) is 23.8 Å². The van der Waals surface area contributed by atoms with Gasteiger partial charge in [-0.25, -0.2) is 0 Å². The summed E-state index contributed by atoms with van der Waals surface area (Å²) in [5.41, 5.74) is 2.05. The van der Waals surface area contributed by atoms with E-state index in [4.69, 9.17) is 4.74 Å². The van der Waals surface area contributed by atoms with E-state index in [2.05, 4.69) is 22.2 Å². The number of aryl methyl sites for hydroxylation is 1. The zero-order chi connectivity index (χ0) is 11.8. The van der Waals surface area contributed by atoms with Crippen LogP contribution in [-0.2, 0) is 11.2 Å². The molecule has 0 aliphatic carbocycles. The number of rotatable bonds is 7. The molecule has 0 fully saturated rings. The third kappa shape index (κ3) is 4.24. The van der Waals surface area contributed by atoms with Crippen LogP contribution in [0.1, 0.15) is 24.7 Å². The van der Waals surface area contributed by atoms with Crippen LogP contribution in [0.4, 0.5) is 0 Å². The second-order valence-electron chi connectivity index (χ2n) is 3.90. The van der Waals surface area contributed by atoms with Crippen LogP contribution in [0.2, 0.25) is 0 Å². The Balaban J connectivity index is 2.56. The summed E-state index contributed by atoms with van der Waals surface area (Å²) in [4.78, 5) is 8.59. The first-order valence-corrected chi connectivity index (χ1v) is 5.76. The second-order valence-corrected chi connectivity index (χ2v) is 3.90. The van der Waals surface area contributed by atoms with E-state index in [1.54, 1.807) is 19.5 Å². The summed E-state index contributed by atoms with van der Waals surface area (Å²) in [6.45, 7) is 5.86. The highest BCUT2D eigenvalue weighted by Crippen LogP contribution is 2.04. The molecule has 1 rings (SSSR count). The molecule has 0 bridgehead atoms. The topological polar surface area (TPSA) is 47.0 Å². The molecule has 4 nitrogen and oxygen atoms in total. The van der Waals surface area contributed by atoms with Gasteiger partial charge in [0.2, 0.25) is 0 Å². The molecule has 0 radical (unpaired) electrons. The number of hydrogen-bond acceptors (Lipinski definition) is 4. The van der Waals surface area contributed by atoms with Crippen molar-refractivity contribution in [3.8, 4) is 0 Å². The van der Waals surface area contributed by atoms with Crippen molar-refractivity contribution in [1.29, 1.82) is 0 Å². The molecule has 1 heterocycles. The monoisotopic (exact) mass is 223 g/mol. The van der Waals surface area contributed by atoms with E-state index in [1.807, 2.05) is 6.92 Å². The van der Waals surface area contributed by atoms with Gasteiger partial charge in [-0.3, -0.25) is 9.97 Å². The Hall–Kier alpha value is -1.00. The van der Waals surface area contributed by atoms with E-state index in [0.717, 1.165) is 30.8 Å². The third-order valence-electron chi connectivity index (χ3n) is 2.47. The summed E-state index contributed by atoms with van der Waals surface area (Å²) in [5, 5.41) is 3.45. The summed E-state index contributed by atoms with van der Waals surface area (Å²) < 4.78 is 5.20. The van der Waals surface area contributed by atoms with E-state index in [9.17, 15) is 0 Å². The predicted molar refractivity (Wildman–Crippen MR) is 64.4 cm³/mol. The van der Waals surface area contributed by atoms with Gasteiger partial charge in [-0.15, -0.1) is 0 Å². The molecule has 1 unspecified atom stereocenters. The Bertz CT molecular complexity index is 304. The van der Waals surface area contributed by atoms with Gasteiger partial charge in [0, 0.05) is 32.0 Å². The highest BCUT2D eigenvalue weighted by Gasteiger charge is 2.11. The maximum Gasteiger partial charge on any atom is 0.0632 e. The second kappa shape index (κ2) is 7.30. The Labute approximate surface area is 97.5 Å². The molecular formula is C12H21N3O. The lowest BCUT2D eigenvalue weighted by molar-refractivity contribution is 0.165. The maximum absolute atomic E-state index is 5.20. The minimum Gasteiger partial charge on any atom is -0.383 e. The van der Waals surface area contributed by atoms with E-state index in [-0.39, 0.29) is 0 Å². The van der Waals surface area contributed by atoms with Crippen LogP contribution in [0.15, 0.2) is 12.4 Å². The Morgan fingerprint density at radius 2 is 2.12 bits per heavy atom. The first-order chi connectivity index (χ1) is 7.77. The highest BCUT2D eigenvalue weighted by atomic mass is 16.5. The van der Waals surface area contributed by atoms with E-state index in [1.165, 1.54) is 0 Å². The molecule has 90 valence electrons. The number of nitrogens with one attached hydrogen (secondary N) is 1. The van der Waals surface area contributed by atoms with Gasteiger partial charge in [0.25, 0.3) is 0 Å². The number of hydrogen-bond donors (Lipinski definition) is 1. The van der Waals surface area contributed by atoms with E-state index in [0.29, 0.717) is 12.6 Å². The largest absolute Gasteiger partial charge is 0.383 e. The summed E-state index contributed by atoms with van der Waals surface area (Å²) in [7, 11) is 1.73. The lowest BCUT2D eigenvalue weighted by atomic mass is 10.1. The van der Waals surface area contributed by atoms with Crippen LogP contribution in [0.3, 0.4) is 0 Å². The van der Waals surface area contributed by atoms with Crippen LogP contribution in [0, 0.1) is 6.92 Å². The number of methoxy groups -OCH3 is 1. The average molecular weight is 223 g/mol. The fraction of sp³-hybridized carbons (Fsp3) is 0.667. The standard InChI is InChI=1S/C12H21N3O/c1-4-5-14-11(9-16-3)8-12-10(2)13-6-7-15-12/h6-7,11,14H,4-5,8-9H2,1-3H3. The summed E-state index contributed by atoms with van der Waals surface area (Å²) >= 11 is 0. The van der Waals surface area contributed by atoms with Crippen LogP contribution in [0.25, 0.3) is 0 Å². The molecule has 0 spiro atoms. The third-order valence-corrected chi connectivity index (χ3v) is 2.47. The molecule has 0 aromatic carbocycles. The zero-order valence-corrected chi connectivity index (χ0v) is 10.4. The van der Waals surface area contributed by atoms with Crippen molar-refractivity contribution < 1.29 is 4.74 Å². The Morgan fingerprint density at radius 1 is 1.38 bits per heavy atom. The maximum atomic E-state index is 5.20. The van der Waals surface area contributed by atoms with Gasteiger partial charge in [0.15, 0.2) is 0 Å². The summed E-state index contributed by atoms with van der Waals surface area (Å²) in [5.74, 6) is 0. The molecule has 0 amide bonds. The molecule has 4 heteroatoms. The van der Waals surface area contributed by atoms with Gasteiger partial charge in [0.1, 0.15) is 0 Å². The van der Waals surface area contributed by atoms with Crippen LogP contribution < -0.4 is 5.32 Å². The van der Waals surface area contributed by atoms with Gasteiger partial charge >= 0.3 is 0 Å². The van der Waals surface area contributed by atoms with Crippen LogP contribution in [0.5, 0.6) is 0 Å². The van der Waals surface area contributed by atoms with Gasteiger partial charge < -0.3 is 10.1 Å². The lowest BCUT2D eigenvalue weighted by Gasteiger charge is -2.17. The molecule has 0 aliphatic rings. The Morgan fingerprint density at radius 3 is 2.75 bits per heavy atom. The van der Waals surface area contributed by atoms with Crippen molar-refractivity contribution in [2.24, 2.45) is 0 Å².